The molecule has 0 atom stereocenters. The number of nitrogens with zero attached hydrogens (tertiary/aromatic N) is 2. The minimum atomic E-state index is -0.179. The monoisotopic (exact) mass is 415 g/mol. The fraction of sp³-hybridized carbons (Fsp3) is 0.261. The summed E-state index contributed by atoms with van der Waals surface area (Å²) in [6.45, 7) is 2.66. The summed E-state index contributed by atoms with van der Waals surface area (Å²) in [4.78, 5) is 32.0. The molecule has 2 aliphatic rings. The largest absolute Gasteiger partial charge is 0.328 e. The van der Waals surface area contributed by atoms with Crippen LogP contribution in [0.1, 0.15) is 33.8 Å². The first kappa shape index (κ1) is 19.1. The van der Waals surface area contributed by atoms with Gasteiger partial charge in [0.2, 0.25) is 5.91 Å². The van der Waals surface area contributed by atoms with Crippen molar-refractivity contribution in [2.45, 2.75) is 25.2 Å². The Balaban J connectivity index is 1.32. The number of aryl methyl sites for hydroxylation is 1. The molecule has 5 rings (SSSR count). The van der Waals surface area contributed by atoms with E-state index >= 15 is 0 Å². The van der Waals surface area contributed by atoms with Crippen molar-refractivity contribution in [2.24, 2.45) is 0 Å². The lowest BCUT2D eigenvalue weighted by molar-refractivity contribution is -0.117. The molecular formula is C23H22BN3O2S. The summed E-state index contributed by atoms with van der Waals surface area (Å²) in [6, 6.07) is 13.7. The highest BCUT2D eigenvalue weighted by atomic mass is 32.1. The van der Waals surface area contributed by atoms with Crippen molar-refractivity contribution in [1.29, 1.82) is 0 Å². The molecule has 0 bridgehead atoms. The standard InChI is InChI=1S/C23H22BN3O2S/c1-14-25-20(12-30-14)15-3-2-4-17(9-15)26-21(28)11-27-13-23(7-8-23)19-10-16(24)5-6-18(19)22(27)29/h2-6,9-10,12H,7-8,11,13,24H2,1H3,(H,26,28). The Kier molecular flexibility index (Phi) is 4.51. The van der Waals surface area contributed by atoms with Gasteiger partial charge in [0.05, 0.1) is 10.7 Å². The average Bonchev–Trinajstić information content (AvgIpc) is 3.36. The number of amides is 2. The summed E-state index contributed by atoms with van der Waals surface area (Å²) in [5.41, 5.74) is 5.71. The number of anilines is 1. The summed E-state index contributed by atoms with van der Waals surface area (Å²) in [6.07, 6.45) is 2.15. The lowest BCUT2D eigenvalue weighted by Gasteiger charge is -2.34. The lowest BCUT2D eigenvalue weighted by atomic mass is 9.82. The Morgan fingerprint density at radius 1 is 1.27 bits per heavy atom. The van der Waals surface area contributed by atoms with Gasteiger partial charge in [-0.05, 0) is 43.5 Å². The Labute approximate surface area is 180 Å². The molecule has 1 aliphatic carbocycles. The van der Waals surface area contributed by atoms with Crippen LogP contribution in [0.5, 0.6) is 0 Å². The molecule has 0 radical (unpaired) electrons. The maximum atomic E-state index is 13.0. The Morgan fingerprint density at radius 3 is 2.83 bits per heavy atom. The molecule has 150 valence electrons. The molecule has 0 unspecified atom stereocenters. The normalized spacial score (nSPS) is 16.4. The van der Waals surface area contributed by atoms with Crippen LogP contribution in [0, 0.1) is 6.92 Å². The van der Waals surface area contributed by atoms with Gasteiger partial charge < -0.3 is 10.2 Å². The van der Waals surface area contributed by atoms with E-state index in [1.165, 1.54) is 5.46 Å². The Bertz CT molecular complexity index is 1170. The molecule has 2 amide bonds. The second kappa shape index (κ2) is 7.09. The number of aromatic nitrogens is 1. The fourth-order valence-electron chi connectivity index (χ4n) is 4.31. The molecule has 1 fully saturated rings. The number of benzene rings is 2. The minimum Gasteiger partial charge on any atom is -0.328 e. The van der Waals surface area contributed by atoms with Crippen molar-refractivity contribution in [3.05, 3.63) is 64.0 Å². The van der Waals surface area contributed by atoms with E-state index in [0.29, 0.717) is 12.2 Å². The Morgan fingerprint density at radius 2 is 2.10 bits per heavy atom. The number of nitrogens with one attached hydrogen (secondary N) is 1. The van der Waals surface area contributed by atoms with Crippen LogP contribution in [0.2, 0.25) is 0 Å². The number of hydrogen-bond donors (Lipinski definition) is 1. The van der Waals surface area contributed by atoms with Crippen LogP contribution in [0.4, 0.5) is 5.69 Å². The van der Waals surface area contributed by atoms with E-state index in [2.05, 4.69) is 24.2 Å². The van der Waals surface area contributed by atoms with Crippen molar-refractivity contribution < 1.29 is 9.59 Å². The van der Waals surface area contributed by atoms with E-state index in [1.807, 2.05) is 48.7 Å². The first-order chi connectivity index (χ1) is 14.4. The van der Waals surface area contributed by atoms with E-state index in [1.54, 1.807) is 16.2 Å². The number of carbonyl (C=O) groups excluding carboxylic acids is 2. The molecule has 1 aliphatic heterocycles. The molecule has 30 heavy (non-hydrogen) atoms. The van der Waals surface area contributed by atoms with Gasteiger partial charge >= 0.3 is 0 Å². The molecular weight excluding hydrogens is 393 g/mol. The van der Waals surface area contributed by atoms with Crippen LogP contribution in [0.3, 0.4) is 0 Å². The van der Waals surface area contributed by atoms with Crippen LogP contribution in [-0.4, -0.2) is 42.6 Å². The fourth-order valence-corrected chi connectivity index (χ4v) is 4.93. The second-order valence-electron chi connectivity index (χ2n) is 8.37. The van der Waals surface area contributed by atoms with Crippen LogP contribution < -0.4 is 10.8 Å². The van der Waals surface area contributed by atoms with Crippen LogP contribution in [0.25, 0.3) is 11.3 Å². The number of rotatable bonds is 4. The molecule has 0 saturated heterocycles. The number of thiazole rings is 1. The summed E-state index contributed by atoms with van der Waals surface area (Å²) < 4.78 is 0. The predicted octanol–water partition coefficient (Wildman–Crippen LogP) is 2.50. The summed E-state index contributed by atoms with van der Waals surface area (Å²) in [5, 5.41) is 5.97. The zero-order valence-corrected chi connectivity index (χ0v) is 17.9. The second-order valence-corrected chi connectivity index (χ2v) is 9.43. The van der Waals surface area contributed by atoms with E-state index in [0.717, 1.165) is 40.2 Å². The number of hydrogen-bond acceptors (Lipinski definition) is 4. The molecule has 7 heteroatoms. The third-order valence-corrected chi connectivity index (χ3v) is 6.78. The van der Waals surface area contributed by atoms with E-state index in [9.17, 15) is 9.59 Å². The molecule has 2 heterocycles. The van der Waals surface area contributed by atoms with Gasteiger partial charge in [-0.3, -0.25) is 9.59 Å². The van der Waals surface area contributed by atoms with Gasteiger partial charge in [0.25, 0.3) is 5.91 Å². The van der Waals surface area contributed by atoms with Crippen LogP contribution >= 0.6 is 11.3 Å². The smallest absolute Gasteiger partial charge is 0.254 e. The quantitative estimate of drug-likeness (QED) is 0.667. The van der Waals surface area contributed by atoms with Crippen LogP contribution in [-0.2, 0) is 10.2 Å². The van der Waals surface area contributed by atoms with E-state index in [4.69, 9.17) is 0 Å². The van der Waals surface area contributed by atoms with Gasteiger partial charge in [0, 0.05) is 34.2 Å². The molecule has 1 aromatic heterocycles. The summed E-state index contributed by atoms with van der Waals surface area (Å²) in [7, 11) is 2.06. The van der Waals surface area contributed by atoms with Crippen LogP contribution in [0.15, 0.2) is 47.8 Å². The highest BCUT2D eigenvalue weighted by Crippen LogP contribution is 2.52. The molecule has 3 aromatic rings. The van der Waals surface area contributed by atoms with E-state index in [-0.39, 0.29) is 23.8 Å². The third-order valence-electron chi connectivity index (χ3n) is 6.01. The summed E-state index contributed by atoms with van der Waals surface area (Å²) >= 11 is 1.60. The zero-order valence-electron chi connectivity index (χ0n) is 17.1. The van der Waals surface area contributed by atoms with Crippen molar-refractivity contribution in [2.75, 3.05) is 18.4 Å². The van der Waals surface area contributed by atoms with E-state index < -0.39 is 0 Å². The number of carbonyl (C=O) groups is 2. The minimum absolute atomic E-state index is 0.0396. The molecule has 5 nitrogen and oxygen atoms in total. The zero-order chi connectivity index (χ0) is 20.9. The van der Waals surface area contributed by atoms with Gasteiger partial charge in [-0.1, -0.05) is 29.7 Å². The Hall–Kier alpha value is -2.93. The highest BCUT2D eigenvalue weighted by molar-refractivity contribution is 7.09. The van der Waals surface area contributed by atoms with Crippen molar-refractivity contribution in [3.63, 3.8) is 0 Å². The van der Waals surface area contributed by atoms with Crippen molar-refractivity contribution >= 4 is 42.1 Å². The van der Waals surface area contributed by atoms with Gasteiger partial charge in [-0.2, -0.15) is 0 Å². The van der Waals surface area contributed by atoms with Gasteiger partial charge in [-0.25, -0.2) is 4.98 Å². The topological polar surface area (TPSA) is 62.3 Å². The maximum Gasteiger partial charge on any atom is 0.254 e. The maximum absolute atomic E-state index is 13.0. The number of fused-ring (bicyclic) bond motifs is 2. The molecule has 2 aromatic carbocycles. The van der Waals surface area contributed by atoms with Gasteiger partial charge in [0.1, 0.15) is 14.4 Å². The lowest BCUT2D eigenvalue weighted by Crippen LogP contribution is -2.47. The molecule has 1 saturated carbocycles. The predicted molar refractivity (Wildman–Crippen MR) is 122 cm³/mol. The van der Waals surface area contributed by atoms with Crippen molar-refractivity contribution in [3.8, 4) is 11.3 Å². The van der Waals surface area contributed by atoms with Gasteiger partial charge in [-0.15, -0.1) is 11.3 Å². The first-order valence-corrected chi connectivity index (χ1v) is 11.0. The third kappa shape index (κ3) is 3.43. The average molecular weight is 415 g/mol. The molecule has 1 spiro atoms. The highest BCUT2D eigenvalue weighted by Gasteiger charge is 2.51. The van der Waals surface area contributed by atoms with Gasteiger partial charge in [0.15, 0.2) is 0 Å². The summed E-state index contributed by atoms with van der Waals surface area (Å²) in [5.74, 6) is -0.231. The SMILES string of the molecule is Bc1ccc2c(c1)C1(CC1)CN(CC(=O)Nc1cccc(-c3csc(C)n3)c1)C2=O. The van der Waals surface area contributed by atoms with Crippen molar-refractivity contribution in [1.82, 2.24) is 9.88 Å². The first-order valence-electron chi connectivity index (χ1n) is 10.2. The molecule has 1 N–H and O–H groups in total.